The fourth-order valence-electron chi connectivity index (χ4n) is 2.34. The number of nitrogens with one attached hydrogen (secondary N) is 1. The van der Waals surface area contributed by atoms with Gasteiger partial charge < -0.3 is 10.1 Å². The molecule has 4 heteroatoms. The lowest BCUT2D eigenvalue weighted by atomic mass is 9.90. The first-order valence-corrected chi connectivity index (χ1v) is 6.58. The fourth-order valence-corrected chi connectivity index (χ4v) is 2.90. The molecule has 0 aliphatic carbocycles. The Kier molecular flexibility index (Phi) is 3.85. The second kappa shape index (κ2) is 5.04. The van der Waals surface area contributed by atoms with Crippen molar-refractivity contribution in [3.05, 3.63) is 33.5 Å². The third-order valence-electron chi connectivity index (χ3n) is 3.44. The van der Waals surface area contributed by atoms with Gasteiger partial charge in [-0.1, -0.05) is 15.9 Å². The molecule has 0 radical (unpaired) electrons. The summed E-state index contributed by atoms with van der Waals surface area (Å²) in [7, 11) is 1.57. The summed E-state index contributed by atoms with van der Waals surface area (Å²) < 4.78 is 19.8. The van der Waals surface area contributed by atoms with Gasteiger partial charge in [-0.15, -0.1) is 0 Å². The molecule has 1 N–H and O–H groups in total. The Bertz CT molecular complexity index is 393. The van der Waals surface area contributed by atoms with Crippen molar-refractivity contribution in [3.63, 3.8) is 0 Å². The third-order valence-corrected chi connectivity index (χ3v) is 4.14. The number of hydrogen-bond acceptors (Lipinski definition) is 2. The maximum atomic E-state index is 14.0. The highest BCUT2D eigenvalue weighted by molar-refractivity contribution is 9.10. The van der Waals surface area contributed by atoms with E-state index in [0.29, 0.717) is 5.56 Å². The predicted molar refractivity (Wildman–Crippen MR) is 69.4 cm³/mol. The quantitative estimate of drug-likeness (QED) is 0.924. The van der Waals surface area contributed by atoms with E-state index in [1.165, 1.54) is 0 Å². The van der Waals surface area contributed by atoms with Gasteiger partial charge in [0, 0.05) is 22.7 Å². The molecular formula is C13H17BrFNO. The van der Waals surface area contributed by atoms with E-state index in [1.54, 1.807) is 13.2 Å². The average molecular weight is 302 g/mol. The Morgan fingerprint density at radius 2 is 2.29 bits per heavy atom. The number of hydrogen-bond donors (Lipinski definition) is 1. The smallest absolute Gasteiger partial charge is 0.130 e. The predicted octanol–water partition coefficient (Wildman–Crippen LogP) is 3.33. The van der Waals surface area contributed by atoms with Crippen molar-refractivity contribution in [1.29, 1.82) is 0 Å². The van der Waals surface area contributed by atoms with Crippen LogP contribution in [0.2, 0.25) is 0 Å². The first kappa shape index (κ1) is 13.0. The molecule has 2 rings (SSSR count). The minimum atomic E-state index is -0.203. The highest BCUT2D eigenvalue weighted by Gasteiger charge is 2.31. The SMILES string of the molecule is COCc1c(F)cc(C2(C)CCCN2)cc1Br. The van der Waals surface area contributed by atoms with E-state index in [0.717, 1.165) is 29.4 Å². The molecule has 0 spiro atoms. The second-order valence-electron chi connectivity index (χ2n) is 4.71. The van der Waals surface area contributed by atoms with Crippen LogP contribution < -0.4 is 5.32 Å². The molecule has 1 aromatic carbocycles. The van der Waals surface area contributed by atoms with Crippen molar-refractivity contribution in [2.24, 2.45) is 0 Å². The molecule has 1 unspecified atom stereocenters. The molecule has 0 saturated carbocycles. The molecule has 17 heavy (non-hydrogen) atoms. The van der Waals surface area contributed by atoms with Crippen LogP contribution in [0, 0.1) is 5.82 Å². The molecular weight excluding hydrogens is 285 g/mol. The Morgan fingerprint density at radius 3 is 2.82 bits per heavy atom. The van der Waals surface area contributed by atoms with Gasteiger partial charge in [-0.2, -0.15) is 0 Å². The normalized spacial score (nSPS) is 24.2. The minimum absolute atomic E-state index is 0.102. The molecule has 1 fully saturated rings. The van der Waals surface area contributed by atoms with Gasteiger partial charge in [-0.3, -0.25) is 0 Å². The highest BCUT2D eigenvalue weighted by atomic mass is 79.9. The van der Waals surface area contributed by atoms with Crippen molar-refractivity contribution >= 4 is 15.9 Å². The van der Waals surface area contributed by atoms with E-state index in [4.69, 9.17) is 4.74 Å². The van der Waals surface area contributed by atoms with E-state index < -0.39 is 0 Å². The standard InChI is InChI=1S/C13H17BrFNO/c1-13(4-3-5-16-13)9-6-11(14)10(8-17-2)12(15)7-9/h6-7,16H,3-5,8H2,1-2H3. The maximum Gasteiger partial charge on any atom is 0.130 e. The number of benzene rings is 1. The van der Waals surface area contributed by atoms with Gasteiger partial charge in [0.2, 0.25) is 0 Å². The van der Waals surface area contributed by atoms with Gasteiger partial charge in [-0.05, 0) is 44.0 Å². The lowest BCUT2D eigenvalue weighted by Crippen LogP contribution is -2.33. The first-order chi connectivity index (χ1) is 8.07. The van der Waals surface area contributed by atoms with Crippen molar-refractivity contribution in [2.75, 3.05) is 13.7 Å². The largest absolute Gasteiger partial charge is 0.380 e. The summed E-state index contributed by atoms with van der Waals surface area (Å²) in [4.78, 5) is 0. The summed E-state index contributed by atoms with van der Waals surface area (Å²) in [5.41, 5.74) is 1.48. The van der Waals surface area contributed by atoms with Gasteiger partial charge in [0.25, 0.3) is 0 Å². The Labute approximate surface area is 110 Å². The van der Waals surface area contributed by atoms with Crippen molar-refractivity contribution < 1.29 is 9.13 Å². The van der Waals surface area contributed by atoms with Crippen LogP contribution in [-0.4, -0.2) is 13.7 Å². The van der Waals surface area contributed by atoms with Crippen LogP contribution in [0.3, 0.4) is 0 Å². The van der Waals surface area contributed by atoms with Crippen LogP contribution in [0.4, 0.5) is 4.39 Å². The number of methoxy groups -OCH3 is 1. The van der Waals surface area contributed by atoms with E-state index >= 15 is 0 Å². The fraction of sp³-hybridized carbons (Fsp3) is 0.538. The molecule has 1 aliphatic rings. The second-order valence-corrected chi connectivity index (χ2v) is 5.57. The van der Waals surface area contributed by atoms with Gasteiger partial charge in [0.05, 0.1) is 6.61 Å². The lowest BCUT2D eigenvalue weighted by Gasteiger charge is -2.26. The van der Waals surface area contributed by atoms with Crippen LogP contribution in [0.25, 0.3) is 0 Å². The molecule has 0 aromatic heterocycles. The molecule has 1 heterocycles. The molecule has 1 saturated heterocycles. The highest BCUT2D eigenvalue weighted by Crippen LogP contribution is 2.34. The van der Waals surface area contributed by atoms with Gasteiger partial charge in [0.15, 0.2) is 0 Å². The van der Waals surface area contributed by atoms with Crippen molar-refractivity contribution in [2.45, 2.75) is 31.9 Å². The Morgan fingerprint density at radius 1 is 1.53 bits per heavy atom. The first-order valence-electron chi connectivity index (χ1n) is 5.79. The summed E-state index contributed by atoms with van der Waals surface area (Å²) in [6.07, 6.45) is 2.18. The molecule has 2 nitrogen and oxygen atoms in total. The van der Waals surface area contributed by atoms with E-state index in [9.17, 15) is 4.39 Å². The van der Waals surface area contributed by atoms with Crippen LogP contribution in [0.1, 0.15) is 30.9 Å². The molecule has 1 aliphatic heterocycles. The van der Waals surface area contributed by atoms with E-state index in [1.807, 2.05) is 6.07 Å². The zero-order valence-electron chi connectivity index (χ0n) is 10.1. The molecule has 1 atom stereocenters. The van der Waals surface area contributed by atoms with Crippen molar-refractivity contribution in [1.82, 2.24) is 5.32 Å². The summed E-state index contributed by atoms with van der Waals surface area (Å²) in [5, 5.41) is 3.44. The minimum Gasteiger partial charge on any atom is -0.380 e. The summed E-state index contributed by atoms with van der Waals surface area (Å²) in [6.45, 7) is 3.41. The third kappa shape index (κ3) is 2.54. The Balaban J connectivity index is 2.38. The summed E-state index contributed by atoms with van der Waals surface area (Å²) in [6, 6.07) is 3.62. The van der Waals surface area contributed by atoms with Crippen LogP contribution in [0.5, 0.6) is 0 Å². The van der Waals surface area contributed by atoms with Gasteiger partial charge in [-0.25, -0.2) is 4.39 Å². The molecule has 94 valence electrons. The summed E-state index contributed by atoms with van der Waals surface area (Å²) in [5.74, 6) is -0.203. The Hall–Kier alpha value is -0.450. The number of halogens is 2. The maximum absolute atomic E-state index is 14.0. The van der Waals surface area contributed by atoms with Crippen LogP contribution in [-0.2, 0) is 16.9 Å². The molecule has 1 aromatic rings. The zero-order chi connectivity index (χ0) is 12.5. The molecule has 0 amide bonds. The topological polar surface area (TPSA) is 21.3 Å². The zero-order valence-corrected chi connectivity index (χ0v) is 11.7. The molecule has 0 bridgehead atoms. The number of ether oxygens (including phenoxy) is 1. The average Bonchev–Trinajstić information content (AvgIpc) is 2.72. The van der Waals surface area contributed by atoms with E-state index in [2.05, 4.69) is 28.2 Å². The van der Waals surface area contributed by atoms with Crippen molar-refractivity contribution in [3.8, 4) is 0 Å². The van der Waals surface area contributed by atoms with Gasteiger partial charge in [0.1, 0.15) is 5.82 Å². The van der Waals surface area contributed by atoms with Crippen LogP contribution >= 0.6 is 15.9 Å². The number of rotatable bonds is 3. The lowest BCUT2D eigenvalue weighted by molar-refractivity contribution is 0.180. The van der Waals surface area contributed by atoms with Gasteiger partial charge >= 0.3 is 0 Å². The monoisotopic (exact) mass is 301 g/mol. The van der Waals surface area contributed by atoms with Crippen LogP contribution in [0.15, 0.2) is 16.6 Å². The van der Waals surface area contributed by atoms with E-state index in [-0.39, 0.29) is 18.0 Å². The summed E-state index contributed by atoms with van der Waals surface area (Å²) >= 11 is 3.42.